The van der Waals surface area contributed by atoms with Gasteiger partial charge in [0.05, 0.1) is 6.04 Å². The van der Waals surface area contributed by atoms with Crippen molar-refractivity contribution in [2.45, 2.75) is 54.1 Å². The Morgan fingerprint density at radius 1 is 1.25 bits per heavy atom. The van der Waals surface area contributed by atoms with Crippen molar-refractivity contribution in [3.63, 3.8) is 0 Å². The van der Waals surface area contributed by atoms with Crippen LogP contribution in [0.15, 0.2) is 54.3 Å². The van der Waals surface area contributed by atoms with Crippen LogP contribution in [0, 0.1) is 17.0 Å². The molecule has 6 heteroatoms. The largest absolute Gasteiger partial charge is 0.345 e. The van der Waals surface area contributed by atoms with Crippen molar-refractivity contribution in [2.75, 3.05) is 12.4 Å². The predicted molar refractivity (Wildman–Crippen MR) is 129 cm³/mol. The van der Waals surface area contributed by atoms with Crippen molar-refractivity contribution in [2.24, 2.45) is 5.41 Å². The molecule has 2 aromatic rings. The number of carbonyl (C=O) groups is 1. The standard InChI is InChI=1S/C26H33ClF2N2O/c1-7-9-10-18(3)16-30-17-19(21-14-20(28)11-12-22(21)29)13-23(30)25(26(4,5)6)31(8-2)24(32)15-27/h7,9-14,17,25H,8,15-16H2,1-6H3/b9-7-,18-10+/t25-/m0/s1. The minimum atomic E-state index is -0.500. The topological polar surface area (TPSA) is 25.2 Å². The molecule has 0 radical (unpaired) electrons. The first-order valence-corrected chi connectivity index (χ1v) is 11.4. The van der Waals surface area contributed by atoms with E-state index >= 15 is 0 Å². The third-order valence-electron chi connectivity index (χ3n) is 5.35. The van der Waals surface area contributed by atoms with E-state index < -0.39 is 11.6 Å². The second kappa shape index (κ2) is 11.0. The summed E-state index contributed by atoms with van der Waals surface area (Å²) in [6, 6.07) is 5.00. The Morgan fingerprint density at radius 2 is 1.94 bits per heavy atom. The van der Waals surface area contributed by atoms with Crippen LogP contribution in [0.5, 0.6) is 0 Å². The van der Waals surface area contributed by atoms with Crippen molar-refractivity contribution in [1.29, 1.82) is 0 Å². The molecule has 1 atom stereocenters. The molecular weight excluding hydrogens is 430 g/mol. The number of carbonyl (C=O) groups excluding carboxylic acids is 1. The van der Waals surface area contributed by atoms with Crippen LogP contribution in [0.1, 0.15) is 53.3 Å². The highest BCUT2D eigenvalue weighted by Gasteiger charge is 2.36. The average Bonchev–Trinajstić information content (AvgIpc) is 3.13. The number of benzene rings is 1. The van der Waals surface area contributed by atoms with Crippen LogP contribution in [-0.4, -0.2) is 27.8 Å². The molecule has 2 rings (SSSR count). The molecule has 0 aliphatic carbocycles. The van der Waals surface area contributed by atoms with Gasteiger partial charge in [-0.3, -0.25) is 4.79 Å². The van der Waals surface area contributed by atoms with Gasteiger partial charge in [-0.05, 0) is 50.5 Å². The normalized spacial score (nSPS) is 13.6. The van der Waals surface area contributed by atoms with Crippen molar-refractivity contribution >= 4 is 17.5 Å². The highest BCUT2D eigenvalue weighted by atomic mass is 35.5. The molecule has 0 spiro atoms. The van der Waals surface area contributed by atoms with E-state index in [1.807, 2.05) is 55.8 Å². The Balaban J connectivity index is 2.74. The molecule has 3 nitrogen and oxygen atoms in total. The van der Waals surface area contributed by atoms with Gasteiger partial charge in [-0.25, -0.2) is 8.78 Å². The fourth-order valence-corrected chi connectivity index (χ4v) is 4.15. The van der Waals surface area contributed by atoms with Gasteiger partial charge in [0.1, 0.15) is 17.5 Å². The maximum absolute atomic E-state index is 14.6. The molecule has 32 heavy (non-hydrogen) atoms. The number of hydrogen-bond donors (Lipinski definition) is 0. The second-order valence-corrected chi connectivity index (χ2v) is 9.29. The van der Waals surface area contributed by atoms with Gasteiger partial charge in [0.15, 0.2) is 0 Å². The molecule has 0 aliphatic heterocycles. The number of hydrogen-bond acceptors (Lipinski definition) is 1. The molecule has 0 aliphatic rings. The van der Waals surface area contributed by atoms with Gasteiger partial charge >= 0.3 is 0 Å². The lowest BCUT2D eigenvalue weighted by atomic mass is 9.83. The average molecular weight is 463 g/mol. The van der Waals surface area contributed by atoms with Gasteiger partial charge in [0.2, 0.25) is 5.91 Å². The highest BCUT2D eigenvalue weighted by molar-refractivity contribution is 6.27. The summed E-state index contributed by atoms with van der Waals surface area (Å²) in [5.41, 5.74) is 2.38. The molecular formula is C26H33ClF2N2O. The van der Waals surface area contributed by atoms with Gasteiger partial charge in [0, 0.05) is 36.1 Å². The van der Waals surface area contributed by atoms with Gasteiger partial charge in [-0.1, -0.05) is 44.6 Å². The first kappa shape index (κ1) is 25.9. The van der Waals surface area contributed by atoms with Crippen LogP contribution in [-0.2, 0) is 11.3 Å². The van der Waals surface area contributed by atoms with Crippen LogP contribution in [0.2, 0.25) is 0 Å². The van der Waals surface area contributed by atoms with E-state index in [0.717, 1.165) is 23.4 Å². The molecule has 0 N–H and O–H groups in total. The number of aromatic nitrogens is 1. The highest BCUT2D eigenvalue weighted by Crippen LogP contribution is 2.41. The lowest BCUT2D eigenvalue weighted by Crippen LogP contribution is -2.42. The van der Waals surface area contributed by atoms with Crippen LogP contribution in [0.25, 0.3) is 11.1 Å². The summed E-state index contributed by atoms with van der Waals surface area (Å²) in [5.74, 6) is -1.28. The van der Waals surface area contributed by atoms with Crippen LogP contribution in [0.3, 0.4) is 0 Å². The summed E-state index contributed by atoms with van der Waals surface area (Å²) < 4.78 is 30.5. The van der Waals surface area contributed by atoms with E-state index in [9.17, 15) is 13.6 Å². The van der Waals surface area contributed by atoms with Crippen molar-refractivity contribution in [3.8, 4) is 11.1 Å². The maximum Gasteiger partial charge on any atom is 0.238 e. The smallest absolute Gasteiger partial charge is 0.238 e. The van der Waals surface area contributed by atoms with E-state index in [2.05, 4.69) is 20.8 Å². The fourth-order valence-electron chi connectivity index (χ4n) is 3.99. The molecule has 0 fully saturated rings. The van der Waals surface area contributed by atoms with Gasteiger partial charge in [-0.15, -0.1) is 11.6 Å². The lowest BCUT2D eigenvalue weighted by Gasteiger charge is -2.40. The molecule has 1 aromatic heterocycles. The Bertz CT molecular complexity index is 1000. The SMILES string of the molecule is C/C=C\C=C(/C)Cn1cc(-c2cc(F)ccc2F)cc1[C@H](N(CC)C(=O)CCl)C(C)(C)C. The Hall–Kier alpha value is -2.40. The lowest BCUT2D eigenvalue weighted by molar-refractivity contribution is -0.133. The van der Waals surface area contributed by atoms with E-state index in [4.69, 9.17) is 11.6 Å². The summed E-state index contributed by atoms with van der Waals surface area (Å²) in [6.07, 6.45) is 7.75. The number of allylic oxidation sites excluding steroid dienone is 4. The molecule has 0 unspecified atom stereocenters. The number of halogens is 3. The van der Waals surface area contributed by atoms with Crippen molar-refractivity contribution in [1.82, 2.24) is 9.47 Å². The van der Waals surface area contributed by atoms with Gasteiger partial charge in [0.25, 0.3) is 0 Å². The summed E-state index contributed by atoms with van der Waals surface area (Å²) in [5, 5.41) is 0. The van der Waals surface area contributed by atoms with E-state index in [0.29, 0.717) is 18.7 Å². The monoisotopic (exact) mass is 462 g/mol. The van der Waals surface area contributed by atoms with Crippen molar-refractivity contribution < 1.29 is 13.6 Å². The molecule has 174 valence electrons. The Labute approximate surface area is 195 Å². The fraction of sp³-hybridized carbons (Fsp3) is 0.423. The quantitative estimate of drug-likeness (QED) is 0.302. The molecule has 0 saturated carbocycles. The Morgan fingerprint density at radius 3 is 2.50 bits per heavy atom. The third-order valence-corrected chi connectivity index (χ3v) is 5.58. The van der Waals surface area contributed by atoms with Crippen LogP contribution < -0.4 is 0 Å². The van der Waals surface area contributed by atoms with Gasteiger partial charge in [-0.2, -0.15) is 0 Å². The van der Waals surface area contributed by atoms with Gasteiger partial charge < -0.3 is 9.47 Å². The number of alkyl halides is 1. The molecule has 1 aromatic carbocycles. The van der Waals surface area contributed by atoms with Crippen molar-refractivity contribution in [3.05, 3.63) is 71.6 Å². The first-order chi connectivity index (χ1) is 15.0. The summed E-state index contributed by atoms with van der Waals surface area (Å²) in [7, 11) is 0. The van der Waals surface area contributed by atoms with Crippen LogP contribution in [0.4, 0.5) is 8.78 Å². The zero-order valence-electron chi connectivity index (χ0n) is 19.8. The van der Waals surface area contributed by atoms with Crippen LogP contribution >= 0.6 is 11.6 Å². The zero-order chi connectivity index (χ0) is 24.1. The molecule has 0 bridgehead atoms. The predicted octanol–water partition coefficient (Wildman–Crippen LogP) is 7.13. The number of rotatable bonds is 8. The van der Waals surface area contributed by atoms with E-state index in [1.54, 1.807) is 4.90 Å². The second-order valence-electron chi connectivity index (χ2n) is 9.03. The molecule has 1 amide bonds. The summed E-state index contributed by atoms with van der Waals surface area (Å²) in [6.45, 7) is 13.1. The summed E-state index contributed by atoms with van der Waals surface area (Å²) in [4.78, 5) is 14.5. The molecule has 1 heterocycles. The molecule has 0 saturated heterocycles. The number of nitrogens with zero attached hydrogens (tertiary/aromatic N) is 2. The van der Waals surface area contributed by atoms with E-state index in [-0.39, 0.29) is 28.8 Å². The number of amides is 1. The Kier molecular flexibility index (Phi) is 8.85. The van der Waals surface area contributed by atoms with E-state index in [1.165, 1.54) is 6.07 Å². The summed E-state index contributed by atoms with van der Waals surface area (Å²) >= 11 is 5.92. The third kappa shape index (κ3) is 6.10. The minimum Gasteiger partial charge on any atom is -0.345 e. The maximum atomic E-state index is 14.6. The zero-order valence-corrected chi connectivity index (χ0v) is 20.5. The first-order valence-electron chi connectivity index (χ1n) is 10.8. The minimum absolute atomic E-state index is 0.118.